The first-order chi connectivity index (χ1) is 7.77. The molecule has 0 aliphatic rings. The Morgan fingerprint density at radius 3 is 2.69 bits per heavy atom. The van der Waals surface area contributed by atoms with E-state index in [1.807, 2.05) is 30.3 Å². The molecule has 0 unspecified atom stereocenters. The van der Waals surface area contributed by atoms with Crippen molar-refractivity contribution in [3.8, 4) is 0 Å². The Bertz CT molecular complexity index is 415. The Hall–Kier alpha value is -2.08. The van der Waals surface area contributed by atoms with Crippen LogP contribution in [0.2, 0.25) is 0 Å². The molecule has 0 aliphatic heterocycles. The van der Waals surface area contributed by atoms with E-state index in [4.69, 9.17) is 11.3 Å². The van der Waals surface area contributed by atoms with Crippen LogP contribution in [0.25, 0.3) is 10.5 Å². The summed E-state index contributed by atoms with van der Waals surface area (Å²) in [7, 11) is 0. The van der Waals surface area contributed by atoms with Crippen molar-refractivity contribution in [1.29, 1.82) is 0 Å². The largest absolute Gasteiger partial charge is 0.466 e. The average molecular weight is 215 g/mol. The van der Waals surface area contributed by atoms with Gasteiger partial charge in [0.25, 0.3) is 0 Å². The van der Waals surface area contributed by atoms with Crippen LogP contribution < -0.4 is 0 Å². The van der Waals surface area contributed by atoms with Gasteiger partial charge in [0.05, 0.1) is 19.6 Å². The molecule has 0 saturated heterocycles. The van der Waals surface area contributed by atoms with Gasteiger partial charge < -0.3 is 4.74 Å². The van der Waals surface area contributed by atoms with E-state index in [1.165, 1.54) is 0 Å². The Balaban J connectivity index is 2.73. The fourth-order valence-corrected chi connectivity index (χ4v) is 1.24. The Labute approximate surface area is 95.2 Å². The molecule has 0 aliphatic carbocycles. The number of esters is 1. The molecule has 0 spiro atoms. The average Bonchev–Trinajstić information content (AvgIpc) is 2.31. The number of benzene rings is 1. The highest BCUT2D eigenvalue weighted by Crippen LogP contribution is 2.15. The zero-order valence-electron chi connectivity index (χ0n) is 9.14. The van der Waals surface area contributed by atoms with Crippen LogP contribution in [0, 0.1) is 6.57 Å². The summed E-state index contributed by atoms with van der Waals surface area (Å²) in [5.41, 5.74) is 1.30. The van der Waals surface area contributed by atoms with Crippen LogP contribution in [0.5, 0.6) is 0 Å². The van der Waals surface area contributed by atoms with Gasteiger partial charge in [-0.25, -0.2) is 4.85 Å². The van der Waals surface area contributed by atoms with Gasteiger partial charge in [0.15, 0.2) is 5.70 Å². The molecule has 3 nitrogen and oxygen atoms in total. The molecule has 16 heavy (non-hydrogen) atoms. The van der Waals surface area contributed by atoms with Crippen molar-refractivity contribution in [2.24, 2.45) is 0 Å². The van der Waals surface area contributed by atoms with E-state index in [9.17, 15) is 4.79 Å². The van der Waals surface area contributed by atoms with Crippen molar-refractivity contribution in [3.63, 3.8) is 0 Å². The Morgan fingerprint density at radius 2 is 2.12 bits per heavy atom. The first-order valence-electron chi connectivity index (χ1n) is 5.06. The van der Waals surface area contributed by atoms with Gasteiger partial charge in [-0.05, 0) is 12.5 Å². The molecule has 1 aromatic rings. The van der Waals surface area contributed by atoms with E-state index >= 15 is 0 Å². The minimum Gasteiger partial charge on any atom is -0.466 e. The minimum atomic E-state index is -0.306. The van der Waals surface area contributed by atoms with Crippen LogP contribution in [0.3, 0.4) is 0 Å². The lowest BCUT2D eigenvalue weighted by atomic mass is 10.1. The zero-order valence-corrected chi connectivity index (χ0v) is 9.14. The second kappa shape index (κ2) is 6.41. The highest BCUT2D eigenvalue weighted by Gasteiger charge is 2.03. The summed E-state index contributed by atoms with van der Waals surface area (Å²) >= 11 is 0. The van der Waals surface area contributed by atoms with Crippen molar-refractivity contribution < 1.29 is 9.53 Å². The van der Waals surface area contributed by atoms with Gasteiger partial charge >= 0.3 is 5.97 Å². The molecule has 1 aromatic carbocycles. The van der Waals surface area contributed by atoms with E-state index in [0.717, 1.165) is 5.56 Å². The van der Waals surface area contributed by atoms with Gasteiger partial charge in [-0.3, -0.25) is 4.79 Å². The Kier molecular flexibility index (Phi) is 4.81. The second-order valence-corrected chi connectivity index (χ2v) is 3.08. The third kappa shape index (κ3) is 3.58. The highest BCUT2D eigenvalue weighted by atomic mass is 16.5. The van der Waals surface area contributed by atoms with Crippen molar-refractivity contribution in [1.82, 2.24) is 0 Å². The van der Waals surface area contributed by atoms with Gasteiger partial charge in [0.2, 0.25) is 0 Å². The molecule has 0 N–H and O–H groups in total. The number of rotatable bonds is 4. The summed E-state index contributed by atoms with van der Waals surface area (Å²) in [4.78, 5) is 14.5. The molecule has 82 valence electrons. The predicted octanol–water partition coefficient (Wildman–Crippen LogP) is 2.90. The predicted molar refractivity (Wildman–Crippen MR) is 62.3 cm³/mol. The molecule has 0 fully saturated rings. The van der Waals surface area contributed by atoms with Crippen LogP contribution >= 0.6 is 0 Å². The molecule has 0 atom stereocenters. The van der Waals surface area contributed by atoms with Crippen molar-refractivity contribution in [3.05, 3.63) is 53.4 Å². The van der Waals surface area contributed by atoms with Gasteiger partial charge in [0.1, 0.15) is 0 Å². The van der Waals surface area contributed by atoms with Crippen molar-refractivity contribution >= 4 is 11.7 Å². The first-order valence-corrected chi connectivity index (χ1v) is 5.06. The van der Waals surface area contributed by atoms with Crippen LogP contribution in [-0.2, 0) is 9.53 Å². The summed E-state index contributed by atoms with van der Waals surface area (Å²) in [5.74, 6) is -0.306. The smallest absolute Gasteiger partial charge is 0.308 e. The molecule has 0 radical (unpaired) electrons. The molecule has 0 amide bonds. The minimum absolute atomic E-state index is 0.139. The molecule has 0 saturated carbocycles. The third-order valence-corrected chi connectivity index (χ3v) is 1.96. The van der Waals surface area contributed by atoms with Gasteiger partial charge in [0, 0.05) is 0 Å². The lowest BCUT2D eigenvalue weighted by Crippen LogP contribution is -2.01. The number of carbonyl (C=O) groups is 1. The van der Waals surface area contributed by atoms with E-state index in [-0.39, 0.29) is 12.4 Å². The molecule has 1 rings (SSSR count). The van der Waals surface area contributed by atoms with Crippen LogP contribution in [0.4, 0.5) is 0 Å². The maximum absolute atomic E-state index is 11.1. The highest BCUT2D eigenvalue weighted by molar-refractivity contribution is 5.77. The number of hydrogen-bond acceptors (Lipinski definition) is 2. The topological polar surface area (TPSA) is 30.7 Å². The normalized spacial score (nSPS) is 10.6. The summed E-state index contributed by atoms with van der Waals surface area (Å²) in [6.45, 7) is 9.17. The fraction of sp³-hybridized carbons (Fsp3) is 0.231. The van der Waals surface area contributed by atoms with Crippen LogP contribution in [-0.4, -0.2) is 12.6 Å². The Morgan fingerprint density at radius 1 is 1.44 bits per heavy atom. The van der Waals surface area contributed by atoms with Gasteiger partial charge in [-0.15, -0.1) is 0 Å². The molecular weight excluding hydrogens is 202 g/mol. The van der Waals surface area contributed by atoms with Crippen LogP contribution in [0.15, 0.2) is 36.4 Å². The fourth-order valence-electron chi connectivity index (χ4n) is 1.24. The second-order valence-electron chi connectivity index (χ2n) is 3.08. The standard InChI is InChI=1S/C13H13NO2/c1-3-16-13(15)10-9-12(14-2)11-7-5-4-6-8-11/h4-9H,3,10H2,1H3/b12-9-. The molecule has 0 aromatic heterocycles. The quantitative estimate of drug-likeness (QED) is 0.571. The SMILES string of the molecule is [C-]#[N+]/C(=C\CC(=O)OCC)c1ccccc1. The summed E-state index contributed by atoms with van der Waals surface area (Å²) in [5, 5.41) is 0. The molecule has 3 heteroatoms. The maximum Gasteiger partial charge on any atom is 0.308 e. The maximum atomic E-state index is 11.1. The summed E-state index contributed by atoms with van der Waals surface area (Å²) in [6, 6.07) is 9.29. The number of ether oxygens (including phenoxy) is 1. The summed E-state index contributed by atoms with van der Waals surface area (Å²) < 4.78 is 4.79. The van der Waals surface area contributed by atoms with Crippen molar-refractivity contribution in [2.45, 2.75) is 13.3 Å². The molecule has 0 bridgehead atoms. The van der Waals surface area contributed by atoms with Gasteiger partial charge in [-0.1, -0.05) is 36.4 Å². The van der Waals surface area contributed by atoms with E-state index < -0.39 is 0 Å². The number of hydrogen-bond donors (Lipinski definition) is 0. The lowest BCUT2D eigenvalue weighted by molar-refractivity contribution is -0.142. The zero-order chi connectivity index (χ0) is 11.8. The number of carbonyl (C=O) groups excluding carboxylic acids is 1. The molecule has 0 heterocycles. The van der Waals surface area contributed by atoms with E-state index in [2.05, 4.69) is 4.85 Å². The van der Waals surface area contributed by atoms with Gasteiger partial charge in [-0.2, -0.15) is 0 Å². The van der Waals surface area contributed by atoms with Crippen LogP contribution in [0.1, 0.15) is 18.9 Å². The molecular formula is C13H13NO2. The first kappa shape index (κ1) is 12.0. The summed E-state index contributed by atoms with van der Waals surface area (Å²) in [6.07, 6.45) is 1.74. The lowest BCUT2D eigenvalue weighted by Gasteiger charge is -1.99. The monoisotopic (exact) mass is 215 g/mol. The van der Waals surface area contributed by atoms with Crippen molar-refractivity contribution in [2.75, 3.05) is 6.61 Å². The van der Waals surface area contributed by atoms with E-state index in [1.54, 1.807) is 13.0 Å². The third-order valence-electron chi connectivity index (χ3n) is 1.96. The van der Waals surface area contributed by atoms with E-state index in [0.29, 0.717) is 12.3 Å². The number of nitrogens with zero attached hydrogens (tertiary/aromatic N) is 1.